The van der Waals surface area contributed by atoms with Crippen LogP contribution in [0, 0.1) is 6.92 Å². The third-order valence-electron chi connectivity index (χ3n) is 3.77. The van der Waals surface area contributed by atoms with E-state index in [0.29, 0.717) is 10.2 Å². The van der Waals surface area contributed by atoms with Crippen LogP contribution in [0.1, 0.15) is 28.8 Å². The number of amides is 1. The monoisotopic (exact) mass is 442 g/mol. The number of hydrogen-bond acceptors (Lipinski definition) is 3. The number of benzene rings is 2. The van der Waals surface area contributed by atoms with Crippen LogP contribution in [-0.2, 0) is 10.0 Å². The third kappa shape index (κ3) is 4.34. The summed E-state index contributed by atoms with van der Waals surface area (Å²) in [5, 5.41) is 3.03. The van der Waals surface area contributed by atoms with Crippen LogP contribution >= 0.6 is 27.5 Å². The maximum absolute atomic E-state index is 12.7. The highest BCUT2D eigenvalue weighted by Crippen LogP contribution is 2.28. The lowest BCUT2D eigenvalue weighted by atomic mass is 10.2. The Hall–Kier alpha value is -1.57. The van der Waals surface area contributed by atoms with Gasteiger partial charge in [-0.3, -0.25) is 9.52 Å². The van der Waals surface area contributed by atoms with Crippen LogP contribution in [0.25, 0.3) is 0 Å². The highest BCUT2D eigenvalue weighted by Gasteiger charge is 2.26. The van der Waals surface area contributed by atoms with Crippen LogP contribution < -0.4 is 10.0 Å². The first-order valence-corrected chi connectivity index (χ1v) is 10.3. The van der Waals surface area contributed by atoms with Gasteiger partial charge in [0, 0.05) is 10.5 Å². The van der Waals surface area contributed by atoms with Crippen molar-refractivity contribution in [2.45, 2.75) is 30.7 Å². The molecule has 0 bridgehead atoms. The van der Waals surface area contributed by atoms with Gasteiger partial charge in [-0.2, -0.15) is 0 Å². The van der Waals surface area contributed by atoms with Gasteiger partial charge in [0.2, 0.25) is 0 Å². The minimum atomic E-state index is -3.86. The van der Waals surface area contributed by atoms with Gasteiger partial charge >= 0.3 is 0 Å². The number of carbonyl (C=O) groups is 1. The van der Waals surface area contributed by atoms with Crippen molar-refractivity contribution in [3.63, 3.8) is 0 Å². The molecule has 132 valence electrons. The summed E-state index contributed by atoms with van der Waals surface area (Å²) in [5.41, 5.74) is 1.50. The summed E-state index contributed by atoms with van der Waals surface area (Å²) in [7, 11) is -3.86. The lowest BCUT2D eigenvalue weighted by molar-refractivity contribution is 0.0951. The van der Waals surface area contributed by atoms with Crippen LogP contribution in [0.5, 0.6) is 0 Å². The molecular formula is C17H16BrClN2O3S. The van der Waals surface area contributed by atoms with Gasteiger partial charge in [-0.05, 0) is 71.6 Å². The van der Waals surface area contributed by atoms with Gasteiger partial charge in [0.25, 0.3) is 15.9 Å². The first-order valence-electron chi connectivity index (χ1n) is 7.65. The van der Waals surface area contributed by atoms with Crippen LogP contribution in [0.3, 0.4) is 0 Å². The van der Waals surface area contributed by atoms with Crippen LogP contribution in [0.4, 0.5) is 5.69 Å². The standard InChI is InChI=1S/C17H16BrClN2O3S/c1-10-2-6-14(18)16(8-10)21-25(23,24)12-5-7-15(19)13(9-12)17(22)20-11-3-4-11/h2,5-9,11,21H,3-4H2,1H3,(H,20,22). The van der Waals surface area contributed by atoms with Crippen LogP contribution in [-0.4, -0.2) is 20.4 Å². The molecule has 0 saturated heterocycles. The summed E-state index contributed by atoms with van der Waals surface area (Å²) in [5.74, 6) is -0.360. The molecule has 8 heteroatoms. The number of aryl methyl sites for hydroxylation is 1. The number of halogens is 2. The molecule has 0 spiro atoms. The normalized spacial score (nSPS) is 14.2. The molecular weight excluding hydrogens is 428 g/mol. The van der Waals surface area contributed by atoms with Crippen LogP contribution in [0.2, 0.25) is 5.02 Å². The number of sulfonamides is 1. The number of rotatable bonds is 5. The minimum Gasteiger partial charge on any atom is -0.349 e. The molecule has 0 heterocycles. The molecule has 3 rings (SSSR count). The quantitative estimate of drug-likeness (QED) is 0.730. The molecule has 2 aromatic rings. The van der Waals surface area contributed by atoms with Crippen molar-refractivity contribution in [2.75, 3.05) is 4.72 Å². The van der Waals surface area contributed by atoms with Gasteiger partial charge < -0.3 is 5.32 Å². The van der Waals surface area contributed by atoms with Gasteiger partial charge in [-0.1, -0.05) is 17.7 Å². The van der Waals surface area contributed by atoms with E-state index in [9.17, 15) is 13.2 Å². The fourth-order valence-electron chi connectivity index (χ4n) is 2.26. The molecule has 0 atom stereocenters. The molecule has 1 aliphatic carbocycles. The zero-order valence-corrected chi connectivity index (χ0v) is 16.5. The Kier molecular flexibility index (Phi) is 5.09. The Labute approximate surface area is 160 Å². The molecule has 0 aromatic heterocycles. The minimum absolute atomic E-state index is 0.0220. The Morgan fingerprint density at radius 2 is 1.92 bits per heavy atom. The van der Waals surface area contributed by atoms with Crippen molar-refractivity contribution in [1.82, 2.24) is 5.32 Å². The molecule has 5 nitrogen and oxygen atoms in total. The van der Waals surface area contributed by atoms with E-state index in [0.717, 1.165) is 18.4 Å². The summed E-state index contributed by atoms with van der Waals surface area (Å²) in [6.07, 6.45) is 1.87. The average Bonchev–Trinajstić information content (AvgIpc) is 3.34. The maximum atomic E-state index is 12.7. The Morgan fingerprint density at radius 1 is 1.20 bits per heavy atom. The fraction of sp³-hybridized carbons (Fsp3) is 0.235. The molecule has 2 N–H and O–H groups in total. The third-order valence-corrected chi connectivity index (χ3v) is 6.16. The molecule has 0 radical (unpaired) electrons. The van der Waals surface area contributed by atoms with Gasteiger partial charge in [-0.15, -0.1) is 0 Å². The van der Waals surface area contributed by atoms with Gasteiger partial charge in [-0.25, -0.2) is 8.42 Å². The van der Waals surface area contributed by atoms with Gasteiger partial charge in [0.05, 0.1) is 21.2 Å². The van der Waals surface area contributed by atoms with Crippen LogP contribution in [0.15, 0.2) is 45.8 Å². The second kappa shape index (κ2) is 6.97. The van der Waals surface area contributed by atoms with Gasteiger partial charge in [0.15, 0.2) is 0 Å². The van der Waals surface area contributed by atoms with Crippen molar-refractivity contribution in [3.05, 3.63) is 57.0 Å². The van der Waals surface area contributed by atoms with Crippen molar-refractivity contribution >= 4 is 49.1 Å². The number of anilines is 1. The SMILES string of the molecule is Cc1ccc(Br)c(NS(=O)(=O)c2ccc(Cl)c(C(=O)NC3CC3)c2)c1. The largest absolute Gasteiger partial charge is 0.349 e. The molecule has 25 heavy (non-hydrogen) atoms. The van der Waals surface area contributed by atoms with Crippen molar-refractivity contribution < 1.29 is 13.2 Å². The Bertz CT molecular complexity index is 943. The zero-order chi connectivity index (χ0) is 18.2. The smallest absolute Gasteiger partial charge is 0.261 e. The number of hydrogen-bond donors (Lipinski definition) is 2. The molecule has 0 aliphatic heterocycles. The summed E-state index contributed by atoms with van der Waals surface area (Å²) < 4.78 is 28.5. The zero-order valence-electron chi connectivity index (χ0n) is 13.3. The fourth-order valence-corrected chi connectivity index (χ4v) is 4.03. The van der Waals surface area contributed by atoms with E-state index < -0.39 is 10.0 Å². The second-order valence-corrected chi connectivity index (χ2v) is 8.92. The lowest BCUT2D eigenvalue weighted by Crippen LogP contribution is -2.26. The highest BCUT2D eigenvalue weighted by atomic mass is 79.9. The average molecular weight is 444 g/mol. The molecule has 1 amide bonds. The number of carbonyl (C=O) groups excluding carboxylic acids is 1. The Balaban J connectivity index is 1.91. The van der Waals surface area contributed by atoms with Crippen molar-refractivity contribution in [3.8, 4) is 0 Å². The summed E-state index contributed by atoms with van der Waals surface area (Å²) >= 11 is 9.39. The molecule has 2 aromatic carbocycles. The highest BCUT2D eigenvalue weighted by molar-refractivity contribution is 9.10. The van der Waals surface area contributed by atoms with E-state index in [-0.39, 0.29) is 27.4 Å². The molecule has 1 saturated carbocycles. The van der Waals surface area contributed by atoms with E-state index in [4.69, 9.17) is 11.6 Å². The summed E-state index contributed by atoms with van der Waals surface area (Å²) in [6, 6.07) is 9.61. The topological polar surface area (TPSA) is 75.3 Å². The summed E-state index contributed by atoms with van der Waals surface area (Å²) in [6.45, 7) is 1.87. The molecule has 1 aliphatic rings. The predicted octanol–water partition coefficient (Wildman–Crippen LogP) is 4.10. The molecule has 0 unspecified atom stereocenters. The lowest BCUT2D eigenvalue weighted by Gasteiger charge is -2.12. The van der Waals surface area contributed by atoms with E-state index in [2.05, 4.69) is 26.0 Å². The number of nitrogens with one attached hydrogen (secondary N) is 2. The maximum Gasteiger partial charge on any atom is 0.261 e. The first kappa shape index (κ1) is 18.2. The van der Waals surface area contributed by atoms with Crippen molar-refractivity contribution in [2.24, 2.45) is 0 Å². The van der Waals surface area contributed by atoms with E-state index in [1.807, 2.05) is 13.0 Å². The van der Waals surface area contributed by atoms with Crippen molar-refractivity contribution in [1.29, 1.82) is 0 Å². The molecule has 1 fully saturated rings. The second-order valence-electron chi connectivity index (χ2n) is 5.98. The van der Waals surface area contributed by atoms with E-state index in [1.54, 1.807) is 12.1 Å². The summed E-state index contributed by atoms with van der Waals surface area (Å²) in [4.78, 5) is 12.2. The van der Waals surface area contributed by atoms with Gasteiger partial charge in [0.1, 0.15) is 0 Å². The van der Waals surface area contributed by atoms with E-state index >= 15 is 0 Å². The Morgan fingerprint density at radius 3 is 2.60 bits per heavy atom. The predicted molar refractivity (Wildman–Crippen MR) is 102 cm³/mol. The van der Waals surface area contributed by atoms with E-state index in [1.165, 1.54) is 18.2 Å². The first-order chi connectivity index (χ1) is 11.8.